The van der Waals surface area contributed by atoms with Crippen LogP contribution in [0.25, 0.3) is 5.82 Å². The molecule has 0 atom stereocenters. The molecule has 1 aliphatic heterocycles. The van der Waals surface area contributed by atoms with Gasteiger partial charge in [-0.1, -0.05) is 18.2 Å². The Bertz CT molecular complexity index is 956. The average molecular weight is 518 g/mol. The van der Waals surface area contributed by atoms with E-state index < -0.39 is 0 Å². The van der Waals surface area contributed by atoms with Gasteiger partial charge in [0.25, 0.3) is 0 Å². The van der Waals surface area contributed by atoms with E-state index in [2.05, 4.69) is 50.7 Å². The summed E-state index contributed by atoms with van der Waals surface area (Å²) in [4.78, 5) is 13.2. The van der Waals surface area contributed by atoms with Crippen LogP contribution in [0.2, 0.25) is 0 Å². The van der Waals surface area contributed by atoms with Crippen LogP contribution in [0.3, 0.4) is 0 Å². The van der Waals surface area contributed by atoms with Crippen molar-refractivity contribution in [2.45, 2.75) is 26.3 Å². The Morgan fingerprint density at radius 2 is 2.10 bits per heavy atom. The Hall–Kier alpha value is -2.62. The molecule has 0 radical (unpaired) electrons. The molecular weight excluding hydrogens is 491 g/mol. The number of ether oxygens (including phenoxy) is 1. The van der Waals surface area contributed by atoms with Gasteiger partial charge in [0, 0.05) is 38.1 Å². The highest BCUT2D eigenvalue weighted by molar-refractivity contribution is 14.0. The monoisotopic (exact) mass is 518 g/mol. The van der Waals surface area contributed by atoms with Crippen molar-refractivity contribution in [1.29, 1.82) is 0 Å². The Balaban J connectivity index is 0.00000256. The number of aliphatic imine (C=N–C) groups is 1. The van der Waals surface area contributed by atoms with Crippen molar-refractivity contribution in [3.8, 4) is 11.6 Å². The molecule has 0 fully saturated rings. The van der Waals surface area contributed by atoms with E-state index >= 15 is 0 Å². The maximum Gasteiger partial charge on any atom is 0.191 e. The highest BCUT2D eigenvalue weighted by Gasteiger charge is 2.11. The molecule has 0 saturated carbocycles. The summed E-state index contributed by atoms with van der Waals surface area (Å²) in [6.07, 6.45) is 9.16. The summed E-state index contributed by atoms with van der Waals surface area (Å²) in [6.45, 7) is 5.08. The van der Waals surface area contributed by atoms with Gasteiger partial charge in [-0.25, -0.2) is 15.0 Å². The van der Waals surface area contributed by atoms with Crippen LogP contribution in [-0.4, -0.2) is 40.2 Å². The number of nitrogens with zero attached hydrogens (tertiary/aromatic N) is 4. The number of aromatic nitrogens is 3. The Kier molecular flexibility index (Phi) is 8.06. The van der Waals surface area contributed by atoms with Gasteiger partial charge >= 0.3 is 0 Å². The topological polar surface area (TPSA) is 76.4 Å². The summed E-state index contributed by atoms with van der Waals surface area (Å²) in [7, 11) is 0. The molecular formula is C22H27IN6O. The van der Waals surface area contributed by atoms with E-state index in [9.17, 15) is 0 Å². The largest absolute Gasteiger partial charge is 0.493 e. The highest BCUT2D eigenvalue weighted by atomic mass is 127. The number of imidazole rings is 1. The van der Waals surface area contributed by atoms with E-state index in [1.165, 1.54) is 11.1 Å². The lowest BCUT2D eigenvalue weighted by Crippen LogP contribution is -2.38. The standard InChI is InChI=1S/C22H26N6O.HI/c1-2-24-22(25-9-7-17-3-5-20-19(13-17)8-12-29-20)27-15-18-4-6-21(26-14-18)28-11-10-23-16-28;/h3-6,10-11,13-14,16H,2,7-9,12,15H2,1H3,(H2,24,25,27);1H. The second-order valence-electron chi connectivity index (χ2n) is 6.91. The average Bonchev–Trinajstić information content (AvgIpc) is 3.44. The molecule has 7 nitrogen and oxygen atoms in total. The summed E-state index contributed by atoms with van der Waals surface area (Å²) in [5.74, 6) is 2.69. The molecule has 3 heterocycles. The molecule has 0 amide bonds. The van der Waals surface area contributed by atoms with Gasteiger partial charge in [0.05, 0.1) is 13.2 Å². The molecule has 4 rings (SSSR count). The van der Waals surface area contributed by atoms with Crippen molar-refractivity contribution in [3.05, 3.63) is 71.9 Å². The summed E-state index contributed by atoms with van der Waals surface area (Å²) in [6, 6.07) is 10.5. The van der Waals surface area contributed by atoms with Crippen LogP contribution in [0.1, 0.15) is 23.6 Å². The fourth-order valence-electron chi connectivity index (χ4n) is 3.29. The molecule has 0 bridgehead atoms. The van der Waals surface area contributed by atoms with Crippen LogP contribution in [0.4, 0.5) is 0 Å². The van der Waals surface area contributed by atoms with Crippen LogP contribution < -0.4 is 15.4 Å². The molecule has 1 aliphatic rings. The van der Waals surface area contributed by atoms with E-state index in [4.69, 9.17) is 4.74 Å². The first-order valence-corrected chi connectivity index (χ1v) is 10.0. The van der Waals surface area contributed by atoms with Crippen molar-refractivity contribution in [1.82, 2.24) is 25.2 Å². The predicted molar refractivity (Wildman–Crippen MR) is 129 cm³/mol. The third-order valence-electron chi connectivity index (χ3n) is 4.80. The van der Waals surface area contributed by atoms with Crippen LogP contribution in [0, 0.1) is 0 Å². The quantitative estimate of drug-likeness (QED) is 0.286. The zero-order chi connectivity index (χ0) is 19.9. The molecule has 0 unspecified atom stereocenters. The number of rotatable bonds is 7. The first-order chi connectivity index (χ1) is 14.3. The maximum absolute atomic E-state index is 5.58. The SMILES string of the molecule is CCNC(=NCc1ccc(-n2ccnc2)nc1)NCCc1ccc2c(c1)CCO2.I. The third kappa shape index (κ3) is 5.71. The lowest BCUT2D eigenvalue weighted by molar-refractivity contribution is 0.357. The number of nitrogens with one attached hydrogen (secondary N) is 2. The van der Waals surface area contributed by atoms with E-state index in [1.54, 1.807) is 12.5 Å². The van der Waals surface area contributed by atoms with E-state index in [-0.39, 0.29) is 24.0 Å². The fourth-order valence-corrected chi connectivity index (χ4v) is 3.29. The lowest BCUT2D eigenvalue weighted by Gasteiger charge is -2.12. The summed E-state index contributed by atoms with van der Waals surface area (Å²) >= 11 is 0. The smallest absolute Gasteiger partial charge is 0.191 e. The Labute approximate surface area is 194 Å². The number of hydrogen-bond donors (Lipinski definition) is 2. The normalized spacial score (nSPS) is 12.6. The Morgan fingerprint density at radius 1 is 1.20 bits per heavy atom. The molecule has 30 heavy (non-hydrogen) atoms. The van der Waals surface area contributed by atoms with Crippen molar-refractivity contribution in [2.24, 2.45) is 4.99 Å². The minimum absolute atomic E-state index is 0. The van der Waals surface area contributed by atoms with E-state index in [0.717, 1.165) is 55.6 Å². The van der Waals surface area contributed by atoms with Crippen molar-refractivity contribution in [3.63, 3.8) is 0 Å². The van der Waals surface area contributed by atoms with Crippen LogP contribution >= 0.6 is 24.0 Å². The van der Waals surface area contributed by atoms with Crippen molar-refractivity contribution < 1.29 is 4.74 Å². The van der Waals surface area contributed by atoms with Gasteiger partial charge in [0.15, 0.2) is 5.96 Å². The third-order valence-corrected chi connectivity index (χ3v) is 4.80. The first-order valence-electron chi connectivity index (χ1n) is 10.0. The number of guanidine groups is 1. The van der Waals surface area contributed by atoms with Gasteiger partial charge in [-0.2, -0.15) is 0 Å². The number of fused-ring (bicyclic) bond motifs is 1. The second kappa shape index (κ2) is 11.0. The molecule has 3 aromatic rings. The van der Waals surface area contributed by atoms with Crippen LogP contribution in [0.5, 0.6) is 5.75 Å². The molecule has 0 saturated heterocycles. The number of pyridine rings is 1. The fraction of sp³-hybridized carbons (Fsp3) is 0.318. The first kappa shape index (κ1) is 22.1. The maximum atomic E-state index is 5.58. The van der Waals surface area contributed by atoms with Crippen molar-refractivity contribution >= 4 is 29.9 Å². The Morgan fingerprint density at radius 3 is 2.87 bits per heavy atom. The minimum atomic E-state index is 0. The number of halogens is 1. The molecule has 1 aromatic carbocycles. The number of hydrogen-bond acceptors (Lipinski definition) is 4. The van der Waals surface area contributed by atoms with Gasteiger partial charge in [-0.3, -0.25) is 4.57 Å². The molecule has 0 spiro atoms. The van der Waals surface area contributed by atoms with Crippen molar-refractivity contribution in [2.75, 3.05) is 19.7 Å². The van der Waals surface area contributed by atoms with E-state index in [0.29, 0.717) is 6.54 Å². The molecule has 158 valence electrons. The molecule has 2 N–H and O–H groups in total. The molecule has 8 heteroatoms. The van der Waals surface area contributed by atoms with Gasteiger partial charge in [0.2, 0.25) is 0 Å². The van der Waals surface area contributed by atoms with Gasteiger partial charge in [0.1, 0.15) is 17.9 Å². The predicted octanol–water partition coefficient (Wildman–Crippen LogP) is 3.12. The van der Waals surface area contributed by atoms with Crippen LogP contribution in [-0.2, 0) is 19.4 Å². The van der Waals surface area contributed by atoms with Gasteiger partial charge in [-0.05, 0) is 42.2 Å². The molecule has 2 aromatic heterocycles. The lowest BCUT2D eigenvalue weighted by atomic mass is 10.1. The number of benzene rings is 1. The zero-order valence-electron chi connectivity index (χ0n) is 17.0. The van der Waals surface area contributed by atoms with Gasteiger partial charge < -0.3 is 15.4 Å². The zero-order valence-corrected chi connectivity index (χ0v) is 19.4. The van der Waals surface area contributed by atoms with Crippen LogP contribution in [0.15, 0.2) is 60.2 Å². The molecule has 0 aliphatic carbocycles. The van der Waals surface area contributed by atoms with Gasteiger partial charge in [-0.15, -0.1) is 24.0 Å². The summed E-state index contributed by atoms with van der Waals surface area (Å²) in [5, 5.41) is 6.72. The van der Waals surface area contributed by atoms with E-state index in [1.807, 2.05) is 29.1 Å². The second-order valence-corrected chi connectivity index (χ2v) is 6.91. The summed E-state index contributed by atoms with van der Waals surface area (Å²) < 4.78 is 7.45. The minimum Gasteiger partial charge on any atom is -0.493 e. The summed E-state index contributed by atoms with van der Waals surface area (Å²) in [5.41, 5.74) is 3.69. The highest BCUT2D eigenvalue weighted by Crippen LogP contribution is 2.25.